The van der Waals surface area contributed by atoms with E-state index in [1.807, 2.05) is 12.1 Å². The third kappa shape index (κ3) is 2.60. The number of fused-ring (bicyclic) bond motifs is 1. The van der Waals surface area contributed by atoms with Crippen molar-refractivity contribution in [3.05, 3.63) is 48.0 Å². The smallest absolute Gasteiger partial charge is 0.182 e. The molecule has 6 heteroatoms. The number of benzene rings is 1. The Hall–Kier alpha value is -2.47. The number of aromatic nitrogens is 4. The van der Waals surface area contributed by atoms with Crippen molar-refractivity contribution >= 4 is 17.0 Å². The summed E-state index contributed by atoms with van der Waals surface area (Å²) in [5.74, 6) is 0.754. The van der Waals surface area contributed by atoms with Crippen molar-refractivity contribution in [1.29, 1.82) is 0 Å². The van der Waals surface area contributed by atoms with Crippen LogP contribution in [0.5, 0.6) is 0 Å². The Morgan fingerprint density at radius 2 is 2.10 bits per heavy atom. The first-order valence-electron chi connectivity index (χ1n) is 6.31. The molecular formula is C14H15N5O. The third-order valence-corrected chi connectivity index (χ3v) is 2.99. The summed E-state index contributed by atoms with van der Waals surface area (Å²) >= 11 is 0. The van der Waals surface area contributed by atoms with Gasteiger partial charge in [-0.15, -0.1) is 0 Å². The Bertz CT molecular complexity index is 709. The minimum absolute atomic E-state index is 0.617. The first-order chi connectivity index (χ1) is 9.86. The van der Waals surface area contributed by atoms with Gasteiger partial charge in [0.15, 0.2) is 11.5 Å². The number of nitrogens with zero attached hydrogens (tertiary/aromatic N) is 3. The van der Waals surface area contributed by atoms with E-state index in [4.69, 9.17) is 4.74 Å². The highest BCUT2D eigenvalue weighted by molar-refractivity contribution is 5.81. The van der Waals surface area contributed by atoms with E-state index in [0.29, 0.717) is 18.8 Å². The van der Waals surface area contributed by atoms with Gasteiger partial charge in [-0.3, -0.25) is 0 Å². The first kappa shape index (κ1) is 12.6. The highest BCUT2D eigenvalue weighted by atomic mass is 16.5. The second-order valence-corrected chi connectivity index (χ2v) is 4.43. The van der Waals surface area contributed by atoms with Crippen LogP contribution in [0.4, 0.5) is 5.82 Å². The Kier molecular flexibility index (Phi) is 3.56. The van der Waals surface area contributed by atoms with Crippen LogP contribution in [-0.2, 0) is 17.9 Å². The lowest BCUT2D eigenvalue weighted by Gasteiger charge is -2.07. The normalized spacial score (nSPS) is 10.8. The first-order valence-corrected chi connectivity index (χ1v) is 6.31. The van der Waals surface area contributed by atoms with E-state index in [1.165, 1.54) is 11.9 Å². The Morgan fingerprint density at radius 1 is 1.20 bits per heavy atom. The van der Waals surface area contributed by atoms with Gasteiger partial charge < -0.3 is 15.0 Å². The fourth-order valence-electron chi connectivity index (χ4n) is 2.08. The summed E-state index contributed by atoms with van der Waals surface area (Å²) < 4.78 is 5.14. The molecular weight excluding hydrogens is 254 g/mol. The molecule has 0 aliphatic heterocycles. The van der Waals surface area contributed by atoms with E-state index in [1.54, 1.807) is 13.4 Å². The van der Waals surface area contributed by atoms with Gasteiger partial charge in [-0.2, -0.15) is 0 Å². The topological polar surface area (TPSA) is 75.7 Å². The monoisotopic (exact) mass is 269 g/mol. The molecule has 2 heterocycles. The minimum atomic E-state index is 0.617. The van der Waals surface area contributed by atoms with Crippen LogP contribution >= 0.6 is 0 Å². The quantitative estimate of drug-likeness (QED) is 0.742. The van der Waals surface area contributed by atoms with Gasteiger partial charge in [-0.05, 0) is 11.1 Å². The minimum Gasteiger partial charge on any atom is -0.380 e. The summed E-state index contributed by atoms with van der Waals surface area (Å²) in [5, 5.41) is 3.30. The van der Waals surface area contributed by atoms with Crippen LogP contribution in [-0.4, -0.2) is 27.0 Å². The summed E-state index contributed by atoms with van der Waals surface area (Å²) in [7, 11) is 1.70. The molecule has 0 bridgehead atoms. The molecule has 0 saturated carbocycles. The Balaban J connectivity index is 1.76. The number of rotatable bonds is 5. The van der Waals surface area contributed by atoms with E-state index in [-0.39, 0.29) is 0 Å². The van der Waals surface area contributed by atoms with E-state index in [9.17, 15) is 0 Å². The molecule has 102 valence electrons. The molecule has 0 radical (unpaired) electrons. The molecule has 0 aliphatic carbocycles. The second-order valence-electron chi connectivity index (χ2n) is 4.43. The average Bonchev–Trinajstić information content (AvgIpc) is 2.95. The summed E-state index contributed by atoms with van der Waals surface area (Å²) in [6, 6.07) is 8.25. The number of hydrogen-bond donors (Lipinski definition) is 2. The number of nitrogens with one attached hydrogen (secondary N) is 2. The molecule has 20 heavy (non-hydrogen) atoms. The zero-order valence-corrected chi connectivity index (χ0v) is 11.1. The van der Waals surface area contributed by atoms with Gasteiger partial charge in [0.2, 0.25) is 0 Å². The Morgan fingerprint density at radius 3 is 3.00 bits per heavy atom. The fourth-order valence-corrected chi connectivity index (χ4v) is 2.08. The van der Waals surface area contributed by atoms with Gasteiger partial charge in [-0.1, -0.05) is 24.3 Å². The fraction of sp³-hybridized carbons (Fsp3) is 0.214. The van der Waals surface area contributed by atoms with E-state index in [0.717, 1.165) is 16.9 Å². The van der Waals surface area contributed by atoms with Crippen LogP contribution in [0.1, 0.15) is 11.1 Å². The number of methoxy groups -OCH3 is 1. The third-order valence-electron chi connectivity index (χ3n) is 2.99. The number of H-pyrrole nitrogens is 1. The lowest BCUT2D eigenvalue weighted by atomic mass is 10.1. The number of ether oxygens (including phenoxy) is 1. The molecule has 0 spiro atoms. The number of anilines is 1. The van der Waals surface area contributed by atoms with Crippen molar-refractivity contribution in [3.63, 3.8) is 0 Å². The number of imidazole rings is 1. The summed E-state index contributed by atoms with van der Waals surface area (Å²) in [6.45, 7) is 1.30. The van der Waals surface area contributed by atoms with Gasteiger partial charge in [0.05, 0.1) is 12.9 Å². The molecule has 0 saturated heterocycles. The molecule has 0 amide bonds. The maximum absolute atomic E-state index is 5.14. The van der Waals surface area contributed by atoms with Crippen molar-refractivity contribution in [1.82, 2.24) is 19.9 Å². The van der Waals surface area contributed by atoms with E-state index < -0.39 is 0 Å². The molecule has 0 unspecified atom stereocenters. The highest BCUT2D eigenvalue weighted by Crippen LogP contribution is 2.16. The number of aromatic amines is 1. The maximum atomic E-state index is 5.14. The van der Waals surface area contributed by atoms with Crippen LogP contribution in [0.3, 0.4) is 0 Å². The predicted octanol–water partition coefficient (Wildman–Crippen LogP) is 2.11. The lowest BCUT2D eigenvalue weighted by molar-refractivity contribution is 0.185. The van der Waals surface area contributed by atoms with Crippen molar-refractivity contribution in [2.45, 2.75) is 13.2 Å². The second kappa shape index (κ2) is 5.66. The maximum Gasteiger partial charge on any atom is 0.182 e. The molecule has 0 atom stereocenters. The van der Waals surface area contributed by atoms with Crippen molar-refractivity contribution in [2.24, 2.45) is 0 Å². The highest BCUT2D eigenvalue weighted by Gasteiger charge is 2.05. The van der Waals surface area contributed by atoms with Crippen LogP contribution in [0, 0.1) is 0 Å². The van der Waals surface area contributed by atoms with Gasteiger partial charge in [0, 0.05) is 13.7 Å². The Labute approximate surface area is 116 Å². The molecule has 0 aliphatic rings. The largest absolute Gasteiger partial charge is 0.380 e. The average molecular weight is 269 g/mol. The molecule has 3 aromatic rings. The van der Waals surface area contributed by atoms with Crippen molar-refractivity contribution in [2.75, 3.05) is 12.4 Å². The molecule has 2 aromatic heterocycles. The van der Waals surface area contributed by atoms with Crippen molar-refractivity contribution < 1.29 is 4.74 Å². The van der Waals surface area contributed by atoms with Crippen LogP contribution in [0.15, 0.2) is 36.9 Å². The van der Waals surface area contributed by atoms with Gasteiger partial charge in [-0.25, -0.2) is 15.0 Å². The van der Waals surface area contributed by atoms with E-state index >= 15 is 0 Å². The van der Waals surface area contributed by atoms with Crippen molar-refractivity contribution in [3.8, 4) is 0 Å². The summed E-state index contributed by atoms with van der Waals surface area (Å²) in [5.41, 5.74) is 3.81. The summed E-state index contributed by atoms with van der Waals surface area (Å²) in [4.78, 5) is 15.5. The summed E-state index contributed by atoms with van der Waals surface area (Å²) in [6.07, 6.45) is 3.12. The van der Waals surface area contributed by atoms with Crippen LogP contribution in [0.2, 0.25) is 0 Å². The SMILES string of the molecule is COCc1cccc(CNc2ncnc3nc[nH]c23)c1. The van der Waals surface area contributed by atoms with E-state index in [2.05, 4.69) is 37.4 Å². The van der Waals surface area contributed by atoms with Gasteiger partial charge in [0.25, 0.3) is 0 Å². The van der Waals surface area contributed by atoms with Gasteiger partial charge in [0.1, 0.15) is 11.8 Å². The lowest BCUT2D eigenvalue weighted by Crippen LogP contribution is -2.03. The standard InChI is InChI=1S/C14H15N5O/c1-20-7-11-4-2-3-10(5-11)6-15-13-12-14(17-8-16-12)19-9-18-13/h2-5,8-9H,6-7H2,1H3,(H2,15,16,17,18,19). The van der Waals surface area contributed by atoms with Crippen LogP contribution < -0.4 is 5.32 Å². The molecule has 2 N–H and O–H groups in total. The molecule has 0 fully saturated rings. The molecule has 1 aromatic carbocycles. The van der Waals surface area contributed by atoms with Gasteiger partial charge >= 0.3 is 0 Å². The van der Waals surface area contributed by atoms with Crippen LogP contribution in [0.25, 0.3) is 11.2 Å². The zero-order valence-electron chi connectivity index (χ0n) is 11.1. The number of hydrogen-bond acceptors (Lipinski definition) is 5. The zero-order chi connectivity index (χ0) is 13.8. The molecule has 6 nitrogen and oxygen atoms in total. The molecule has 3 rings (SSSR count). The predicted molar refractivity (Wildman–Crippen MR) is 76.2 cm³/mol.